The highest BCUT2D eigenvalue weighted by Gasteiger charge is 2.31. The van der Waals surface area contributed by atoms with Crippen LogP contribution in [0.5, 0.6) is 5.75 Å². The fraction of sp³-hybridized carbons (Fsp3) is 0.238. The summed E-state index contributed by atoms with van der Waals surface area (Å²) >= 11 is 6.02. The first-order valence-corrected chi connectivity index (χ1v) is 9.37. The molecular weight excluding hydrogens is 362 g/mol. The zero-order valence-corrected chi connectivity index (χ0v) is 15.7. The van der Waals surface area contributed by atoms with Gasteiger partial charge >= 0.3 is 0 Å². The van der Waals surface area contributed by atoms with Gasteiger partial charge in [0.05, 0.1) is 17.9 Å². The number of benzene rings is 2. The van der Waals surface area contributed by atoms with Crippen LogP contribution in [0.15, 0.2) is 54.7 Å². The average Bonchev–Trinajstić information content (AvgIpc) is 3.33. The second kappa shape index (κ2) is 7.45. The molecule has 1 aliphatic heterocycles. The van der Waals surface area contributed by atoms with E-state index in [2.05, 4.69) is 15.3 Å². The Balaban J connectivity index is 1.45. The van der Waals surface area contributed by atoms with Crippen molar-refractivity contribution in [1.29, 1.82) is 0 Å². The summed E-state index contributed by atoms with van der Waals surface area (Å²) < 4.78 is 5.78. The van der Waals surface area contributed by atoms with Crippen LogP contribution in [0, 0.1) is 0 Å². The minimum absolute atomic E-state index is 0.146. The van der Waals surface area contributed by atoms with Crippen molar-refractivity contribution in [3.05, 3.63) is 71.1 Å². The Morgan fingerprint density at radius 2 is 2.15 bits per heavy atom. The summed E-state index contributed by atoms with van der Waals surface area (Å²) in [5.41, 5.74) is 2.95. The van der Waals surface area contributed by atoms with Gasteiger partial charge in [0.1, 0.15) is 11.6 Å². The van der Waals surface area contributed by atoms with E-state index in [4.69, 9.17) is 16.3 Å². The highest BCUT2D eigenvalue weighted by Crippen LogP contribution is 2.31. The van der Waals surface area contributed by atoms with Crippen molar-refractivity contribution in [3.8, 4) is 17.0 Å². The van der Waals surface area contributed by atoms with Crippen molar-refractivity contribution in [2.24, 2.45) is 0 Å². The number of aromatic amines is 1. The van der Waals surface area contributed by atoms with E-state index in [1.165, 1.54) is 0 Å². The van der Waals surface area contributed by atoms with Crippen LogP contribution in [-0.2, 0) is 11.2 Å². The average molecular weight is 382 g/mol. The zero-order valence-electron chi connectivity index (χ0n) is 14.9. The van der Waals surface area contributed by atoms with Crippen molar-refractivity contribution < 1.29 is 9.53 Å². The molecule has 2 N–H and O–H groups in total. The fourth-order valence-corrected chi connectivity index (χ4v) is 3.46. The van der Waals surface area contributed by atoms with Crippen LogP contribution >= 0.6 is 11.6 Å². The van der Waals surface area contributed by atoms with Crippen LogP contribution < -0.4 is 10.1 Å². The lowest BCUT2D eigenvalue weighted by Crippen LogP contribution is -2.39. The van der Waals surface area contributed by atoms with Crippen molar-refractivity contribution >= 4 is 17.5 Å². The Hall–Kier alpha value is -2.79. The quantitative estimate of drug-likeness (QED) is 0.692. The summed E-state index contributed by atoms with van der Waals surface area (Å²) in [5.74, 6) is 1.31. The smallest absolute Gasteiger partial charge is 0.262 e. The third-order valence-electron chi connectivity index (χ3n) is 4.72. The monoisotopic (exact) mass is 381 g/mol. The number of hydrogen-bond acceptors (Lipinski definition) is 3. The first-order valence-electron chi connectivity index (χ1n) is 9.00. The molecule has 27 heavy (non-hydrogen) atoms. The number of fused-ring (bicyclic) bond motifs is 1. The Morgan fingerprint density at radius 3 is 2.93 bits per heavy atom. The Bertz CT molecular complexity index is 955. The SMILES string of the molecule is CCC(NC(=O)C1Cc2cc(Cl)ccc2O1)c1ncc(-c2ccccc2)[nH]1. The first-order chi connectivity index (χ1) is 13.1. The van der Waals surface area contributed by atoms with Crippen LogP contribution in [0.4, 0.5) is 0 Å². The van der Waals surface area contributed by atoms with Gasteiger partial charge in [-0.1, -0.05) is 48.9 Å². The van der Waals surface area contributed by atoms with Crippen LogP contribution in [0.2, 0.25) is 5.02 Å². The number of halogens is 1. The molecule has 2 heterocycles. The lowest BCUT2D eigenvalue weighted by atomic mass is 10.1. The van der Waals surface area contributed by atoms with Gasteiger partial charge in [-0.3, -0.25) is 4.79 Å². The van der Waals surface area contributed by atoms with Gasteiger partial charge in [0.2, 0.25) is 0 Å². The maximum absolute atomic E-state index is 12.7. The van der Waals surface area contributed by atoms with Crippen LogP contribution in [0.1, 0.15) is 30.8 Å². The highest BCUT2D eigenvalue weighted by atomic mass is 35.5. The van der Waals surface area contributed by atoms with E-state index in [1.807, 2.05) is 43.3 Å². The second-order valence-electron chi connectivity index (χ2n) is 6.58. The normalized spacial score (nSPS) is 16.4. The van der Waals surface area contributed by atoms with Gasteiger partial charge in [-0.25, -0.2) is 4.98 Å². The van der Waals surface area contributed by atoms with Crippen molar-refractivity contribution in [2.45, 2.75) is 31.9 Å². The van der Waals surface area contributed by atoms with Crippen LogP contribution in [-0.4, -0.2) is 22.0 Å². The molecule has 4 rings (SSSR count). The summed E-state index contributed by atoms with van der Waals surface area (Å²) in [6, 6.07) is 15.2. The van der Waals surface area contributed by atoms with E-state index in [-0.39, 0.29) is 11.9 Å². The summed E-state index contributed by atoms with van der Waals surface area (Å²) in [7, 11) is 0. The molecule has 6 heteroatoms. The first kappa shape index (κ1) is 17.6. The number of H-pyrrole nitrogens is 1. The van der Waals surface area contributed by atoms with Gasteiger partial charge in [0, 0.05) is 11.4 Å². The number of carbonyl (C=O) groups excluding carboxylic acids is 1. The number of ether oxygens (including phenoxy) is 1. The number of nitrogens with one attached hydrogen (secondary N) is 2. The maximum Gasteiger partial charge on any atom is 0.262 e. The number of imidazole rings is 1. The highest BCUT2D eigenvalue weighted by molar-refractivity contribution is 6.30. The van der Waals surface area contributed by atoms with Crippen molar-refractivity contribution in [1.82, 2.24) is 15.3 Å². The molecule has 5 nitrogen and oxygen atoms in total. The molecule has 1 amide bonds. The molecule has 0 bridgehead atoms. The molecule has 138 valence electrons. The minimum Gasteiger partial charge on any atom is -0.480 e. The largest absolute Gasteiger partial charge is 0.480 e. The lowest BCUT2D eigenvalue weighted by Gasteiger charge is -2.17. The van der Waals surface area contributed by atoms with Gasteiger partial charge in [-0.05, 0) is 35.7 Å². The number of aromatic nitrogens is 2. The third-order valence-corrected chi connectivity index (χ3v) is 4.96. The second-order valence-corrected chi connectivity index (χ2v) is 7.02. The summed E-state index contributed by atoms with van der Waals surface area (Å²) in [4.78, 5) is 20.5. The van der Waals surface area contributed by atoms with E-state index < -0.39 is 6.10 Å². The van der Waals surface area contributed by atoms with E-state index in [0.29, 0.717) is 11.4 Å². The fourth-order valence-electron chi connectivity index (χ4n) is 3.27. The molecular formula is C21H20ClN3O2. The minimum atomic E-state index is -0.545. The topological polar surface area (TPSA) is 67.0 Å². The molecule has 0 fully saturated rings. The van der Waals surface area contributed by atoms with Crippen LogP contribution in [0.25, 0.3) is 11.3 Å². The number of rotatable bonds is 5. The molecule has 0 saturated heterocycles. The van der Waals surface area contributed by atoms with E-state index >= 15 is 0 Å². The van der Waals surface area contributed by atoms with Crippen molar-refractivity contribution in [2.75, 3.05) is 0 Å². The molecule has 1 aliphatic rings. The molecule has 0 aliphatic carbocycles. The van der Waals surface area contributed by atoms with Gasteiger partial charge in [0.25, 0.3) is 5.91 Å². The Kier molecular flexibility index (Phi) is 4.86. The predicted molar refractivity (Wildman–Crippen MR) is 105 cm³/mol. The van der Waals surface area contributed by atoms with E-state index in [9.17, 15) is 4.79 Å². The van der Waals surface area contributed by atoms with Gasteiger partial charge in [0.15, 0.2) is 6.10 Å². The lowest BCUT2D eigenvalue weighted by molar-refractivity contribution is -0.128. The maximum atomic E-state index is 12.7. The van der Waals surface area contributed by atoms with Gasteiger partial charge in [-0.15, -0.1) is 0 Å². The molecule has 0 spiro atoms. The van der Waals surface area contributed by atoms with Gasteiger partial charge < -0.3 is 15.0 Å². The Morgan fingerprint density at radius 1 is 1.33 bits per heavy atom. The van der Waals surface area contributed by atoms with Crippen molar-refractivity contribution in [3.63, 3.8) is 0 Å². The molecule has 3 aromatic rings. The molecule has 1 aromatic heterocycles. The molecule has 0 radical (unpaired) electrons. The summed E-state index contributed by atoms with van der Waals surface area (Å²) in [6.45, 7) is 2.01. The number of amides is 1. The van der Waals surface area contributed by atoms with Crippen LogP contribution in [0.3, 0.4) is 0 Å². The van der Waals surface area contributed by atoms with E-state index in [1.54, 1.807) is 18.3 Å². The standard InChI is InChI=1S/C21H20ClN3O2/c1-2-16(20-23-12-17(24-20)13-6-4-3-5-7-13)25-21(26)19-11-14-10-15(22)8-9-18(14)27-19/h3-10,12,16,19H,2,11H2,1H3,(H,23,24)(H,25,26). The molecule has 2 atom stereocenters. The molecule has 2 unspecified atom stereocenters. The molecule has 0 saturated carbocycles. The van der Waals surface area contributed by atoms with Gasteiger partial charge in [-0.2, -0.15) is 0 Å². The third kappa shape index (κ3) is 3.69. The summed E-state index contributed by atoms with van der Waals surface area (Å²) in [6.07, 6.45) is 2.49. The Labute approximate surface area is 162 Å². The zero-order chi connectivity index (χ0) is 18.8. The van der Waals surface area contributed by atoms with E-state index in [0.717, 1.165) is 34.8 Å². The predicted octanol–water partition coefficient (Wildman–Crippen LogP) is 4.30. The number of nitrogens with zero attached hydrogens (tertiary/aromatic N) is 1. The molecule has 2 aromatic carbocycles. The summed E-state index contributed by atoms with van der Waals surface area (Å²) in [5, 5.41) is 3.70. The number of carbonyl (C=O) groups is 1. The number of hydrogen-bond donors (Lipinski definition) is 2.